The second-order valence-corrected chi connectivity index (χ2v) is 5.82. The minimum atomic E-state index is -0.675. The summed E-state index contributed by atoms with van der Waals surface area (Å²) >= 11 is 0. The molecule has 7 heteroatoms. The SMILES string of the molecule is Cc1nccn1Cc1ccc(NC(=O)c2cccc(NC(N)=O)c2)cc1. The summed E-state index contributed by atoms with van der Waals surface area (Å²) in [5, 5.41) is 5.28. The number of urea groups is 1. The van der Waals surface area contributed by atoms with E-state index in [1.807, 2.05) is 42.0 Å². The quantitative estimate of drug-likeness (QED) is 0.660. The van der Waals surface area contributed by atoms with Gasteiger partial charge in [-0.25, -0.2) is 9.78 Å². The van der Waals surface area contributed by atoms with Crippen LogP contribution in [0.5, 0.6) is 0 Å². The maximum atomic E-state index is 12.4. The maximum absolute atomic E-state index is 12.4. The molecule has 1 aromatic heterocycles. The molecular weight excluding hydrogens is 330 g/mol. The molecule has 0 fully saturated rings. The van der Waals surface area contributed by atoms with Gasteiger partial charge >= 0.3 is 6.03 Å². The summed E-state index contributed by atoms with van der Waals surface area (Å²) in [5.74, 6) is 0.683. The van der Waals surface area contributed by atoms with Crippen LogP contribution in [0.4, 0.5) is 16.2 Å². The van der Waals surface area contributed by atoms with Crippen LogP contribution in [0, 0.1) is 6.92 Å². The van der Waals surface area contributed by atoms with E-state index in [1.165, 1.54) is 0 Å². The van der Waals surface area contributed by atoms with Crippen molar-refractivity contribution in [2.45, 2.75) is 13.5 Å². The number of carbonyl (C=O) groups is 2. The zero-order valence-corrected chi connectivity index (χ0v) is 14.3. The number of nitrogens with zero attached hydrogens (tertiary/aromatic N) is 2. The van der Waals surface area contributed by atoms with Gasteiger partial charge in [-0.1, -0.05) is 18.2 Å². The first-order valence-corrected chi connectivity index (χ1v) is 8.06. The van der Waals surface area contributed by atoms with Gasteiger partial charge in [0, 0.05) is 35.9 Å². The molecule has 3 rings (SSSR count). The van der Waals surface area contributed by atoms with E-state index in [0.717, 1.165) is 17.9 Å². The molecule has 0 radical (unpaired) electrons. The highest BCUT2D eigenvalue weighted by Crippen LogP contribution is 2.15. The number of benzene rings is 2. The van der Waals surface area contributed by atoms with E-state index in [-0.39, 0.29) is 5.91 Å². The van der Waals surface area contributed by atoms with Crippen molar-refractivity contribution in [3.05, 3.63) is 77.9 Å². The summed E-state index contributed by atoms with van der Waals surface area (Å²) in [4.78, 5) is 27.5. The molecule has 0 atom stereocenters. The maximum Gasteiger partial charge on any atom is 0.316 e. The number of hydrogen-bond acceptors (Lipinski definition) is 3. The van der Waals surface area contributed by atoms with Crippen LogP contribution in [0.3, 0.4) is 0 Å². The second-order valence-electron chi connectivity index (χ2n) is 5.82. The van der Waals surface area contributed by atoms with Crippen LogP contribution in [-0.2, 0) is 6.54 Å². The number of carbonyl (C=O) groups excluding carboxylic acids is 2. The first-order chi connectivity index (χ1) is 12.5. The Balaban J connectivity index is 1.66. The van der Waals surface area contributed by atoms with Gasteiger partial charge in [-0.15, -0.1) is 0 Å². The van der Waals surface area contributed by atoms with Gasteiger partial charge in [0.1, 0.15) is 5.82 Å². The predicted octanol–water partition coefficient (Wildman–Crippen LogP) is 2.98. The van der Waals surface area contributed by atoms with Crippen LogP contribution in [0.15, 0.2) is 60.9 Å². The number of aryl methyl sites for hydroxylation is 1. The smallest absolute Gasteiger partial charge is 0.316 e. The highest BCUT2D eigenvalue weighted by molar-refractivity contribution is 6.05. The van der Waals surface area contributed by atoms with Crippen molar-refractivity contribution in [3.8, 4) is 0 Å². The third kappa shape index (κ3) is 4.27. The Labute approximate surface area is 150 Å². The van der Waals surface area contributed by atoms with E-state index in [9.17, 15) is 9.59 Å². The summed E-state index contributed by atoms with van der Waals surface area (Å²) in [7, 11) is 0. The van der Waals surface area contributed by atoms with Crippen molar-refractivity contribution in [3.63, 3.8) is 0 Å². The number of primary amides is 1. The average Bonchev–Trinajstić information content (AvgIpc) is 3.01. The highest BCUT2D eigenvalue weighted by Gasteiger charge is 2.08. The highest BCUT2D eigenvalue weighted by atomic mass is 16.2. The molecule has 7 nitrogen and oxygen atoms in total. The van der Waals surface area contributed by atoms with Crippen molar-refractivity contribution in [1.82, 2.24) is 9.55 Å². The molecule has 132 valence electrons. The molecule has 2 aromatic carbocycles. The molecule has 0 saturated heterocycles. The predicted molar refractivity (Wildman–Crippen MR) is 100 cm³/mol. The number of nitrogens with two attached hydrogens (primary N) is 1. The lowest BCUT2D eigenvalue weighted by Gasteiger charge is -2.09. The third-order valence-corrected chi connectivity index (χ3v) is 3.88. The summed E-state index contributed by atoms with van der Waals surface area (Å²) in [6.07, 6.45) is 3.70. The Kier molecular flexibility index (Phi) is 4.98. The Morgan fingerprint density at radius 1 is 1.08 bits per heavy atom. The van der Waals surface area contributed by atoms with Crippen LogP contribution in [0.2, 0.25) is 0 Å². The van der Waals surface area contributed by atoms with Crippen molar-refractivity contribution >= 4 is 23.3 Å². The van der Waals surface area contributed by atoms with Crippen molar-refractivity contribution in [2.24, 2.45) is 5.73 Å². The van der Waals surface area contributed by atoms with Gasteiger partial charge in [-0.05, 0) is 42.8 Å². The number of hydrogen-bond donors (Lipinski definition) is 3. The number of anilines is 2. The molecule has 0 unspecified atom stereocenters. The molecule has 0 aliphatic heterocycles. The molecule has 1 heterocycles. The second kappa shape index (κ2) is 7.52. The largest absolute Gasteiger partial charge is 0.351 e. The van der Waals surface area contributed by atoms with E-state index in [2.05, 4.69) is 15.6 Å². The fourth-order valence-electron chi connectivity index (χ4n) is 2.54. The number of nitrogens with one attached hydrogen (secondary N) is 2. The first-order valence-electron chi connectivity index (χ1n) is 8.06. The lowest BCUT2D eigenvalue weighted by atomic mass is 10.1. The zero-order valence-electron chi connectivity index (χ0n) is 14.3. The van der Waals surface area contributed by atoms with E-state index >= 15 is 0 Å². The van der Waals surface area contributed by atoms with Crippen LogP contribution < -0.4 is 16.4 Å². The number of aromatic nitrogens is 2. The molecule has 0 bridgehead atoms. The number of imidazole rings is 1. The van der Waals surface area contributed by atoms with Gasteiger partial charge in [0.05, 0.1) is 0 Å². The normalized spacial score (nSPS) is 10.3. The number of rotatable bonds is 5. The van der Waals surface area contributed by atoms with Gasteiger partial charge in [0.25, 0.3) is 5.91 Å². The van der Waals surface area contributed by atoms with Crippen molar-refractivity contribution in [2.75, 3.05) is 10.6 Å². The zero-order chi connectivity index (χ0) is 18.5. The summed E-state index contributed by atoms with van der Waals surface area (Å²) in [5.41, 5.74) is 7.78. The van der Waals surface area contributed by atoms with Gasteiger partial charge in [-0.3, -0.25) is 4.79 Å². The van der Waals surface area contributed by atoms with E-state index in [4.69, 9.17) is 5.73 Å². The average molecular weight is 349 g/mol. The molecule has 0 aliphatic carbocycles. The monoisotopic (exact) mass is 349 g/mol. The molecule has 3 aromatic rings. The Morgan fingerprint density at radius 3 is 2.50 bits per heavy atom. The fourth-order valence-corrected chi connectivity index (χ4v) is 2.54. The molecule has 26 heavy (non-hydrogen) atoms. The van der Waals surface area contributed by atoms with Crippen molar-refractivity contribution < 1.29 is 9.59 Å². The Morgan fingerprint density at radius 2 is 1.85 bits per heavy atom. The van der Waals surface area contributed by atoms with Crippen LogP contribution in [0.25, 0.3) is 0 Å². The summed E-state index contributed by atoms with van der Waals surface area (Å²) in [6, 6.07) is 13.5. The first kappa shape index (κ1) is 17.2. The summed E-state index contributed by atoms with van der Waals surface area (Å²) in [6.45, 7) is 2.68. The van der Waals surface area contributed by atoms with Gasteiger partial charge < -0.3 is 20.9 Å². The Hall–Kier alpha value is -3.61. The molecule has 4 N–H and O–H groups in total. The van der Waals surface area contributed by atoms with E-state index in [1.54, 1.807) is 30.5 Å². The topological polar surface area (TPSA) is 102 Å². The molecular formula is C19H19N5O2. The van der Waals surface area contributed by atoms with E-state index in [0.29, 0.717) is 16.9 Å². The minimum absolute atomic E-state index is 0.267. The van der Waals surface area contributed by atoms with E-state index < -0.39 is 6.03 Å². The third-order valence-electron chi connectivity index (χ3n) is 3.88. The lowest BCUT2D eigenvalue weighted by Crippen LogP contribution is -2.19. The van der Waals surface area contributed by atoms with Crippen LogP contribution >= 0.6 is 0 Å². The molecule has 3 amide bonds. The van der Waals surface area contributed by atoms with Gasteiger partial charge in [0.2, 0.25) is 0 Å². The van der Waals surface area contributed by atoms with Crippen LogP contribution in [0.1, 0.15) is 21.7 Å². The fraction of sp³-hybridized carbons (Fsp3) is 0.105. The van der Waals surface area contributed by atoms with Crippen molar-refractivity contribution in [1.29, 1.82) is 0 Å². The minimum Gasteiger partial charge on any atom is -0.351 e. The summed E-state index contributed by atoms with van der Waals surface area (Å²) < 4.78 is 2.05. The van der Waals surface area contributed by atoms with Gasteiger partial charge in [-0.2, -0.15) is 0 Å². The Bertz CT molecular complexity index is 931. The molecule has 0 saturated carbocycles. The van der Waals surface area contributed by atoms with Crippen LogP contribution in [-0.4, -0.2) is 21.5 Å². The lowest BCUT2D eigenvalue weighted by molar-refractivity contribution is 0.102. The molecule has 0 aliphatic rings. The number of amides is 3. The van der Waals surface area contributed by atoms with Gasteiger partial charge in [0.15, 0.2) is 0 Å². The standard InChI is InChI=1S/C19H19N5O2/c1-13-21-9-10-24(13)12-14-5-7-16(8-6-14)22-18(25)15-3-2-4-17(11-15)23-19(20)26/h2-11H,12H2,1H3,(H,22,25)(H3,20,23,26). The molecule has 0 spiro atoms.